The summed E-state index contributed by atoms with van der Waals surface area (Å²) < 4.78 is 5.11. The number of hydrogen-bond donors (Lipinski definition) is 2. The number of nitro groups is 1. The van der Waals surface area contributed by atoms with Gasteiger partial charge in [0.1, 0.15) is 6.61 Å². The minimum absolute atomic E-state index is 0.0301. The van der Waals surface area contributed by atoms with E-state index in [1.54, 1.807) is 18.2 Å². The quantitative estimate of drug-likeness (QED) is 0.498. The van der Waals surface area contributed by atoms with E-state index >= 15 is 0 Å². The van der Waals surface area contributed by atoms with Crippen LogP contribution in [0, 0.1) is 17.0 Å². The molecule has 0 amide bonds. The standard InChI is InChI=1S/C15H12N4O4/c1-7-11-12(8-4-2-3-5-10(8)19(21)22)13-9(6-23-15(13)20)16-14(11)18-17-7/h2-5,12H,6H2,1H3,(H2,16,17,18)/t12-/m0/s1. The minimum Gasteiger partial charge on any atom is -0.456 e. The number of carbonyl (C=O) groups is 1. The molecule has 2 aromatic rings. The van der Waals surface area contributed by atoms with E-state index in [4.69, 9.17) is 4.74 Å². The number of hydrogen-bond acceptors (Lipinski definition) is 6. The van der Waals surface area contributed by atoms with Crippen LogP contribution in [0.1, 0.15) is 22.7 Å². The molecule has 0 bridgehead atoms. The molecule has 0 unspecified atom stereocenters. The van der Waals surface area contributed by atoms with Gasteiger partial charge in [0, 0.05) is 22.9 Å². The van der Waals surface area contributed by atoms with Gasteiger partial charge in [0.05, 0.1) is 22.1 Å². The molecular formula is C15H12N4O4. The van der Waals surface area contributed by atoms with Crippen molar-refractivity contribution in [3.8, 4) is 0 Å². The number of ether oxygens (including phenoxy) is 1. The van der Waals surface area contributed by atoms with Gasteiger partial charge in [-0.05, 0) is 6.92 Å². The van der Waals surface area contributed by atoms with E-state index in [1.165, 1.54) is 6.07 Å². The summed E-state index contributed by atoms with van der Waals surface area (Å²) in [5.74, 6) is -0.457. The van der Waals surface area contributed by atoms with Gasteiger partial charge in [-0.1, -0.05) is 18.2 Å². The van der Waals surface area contributed by atoms with E-state index in [1.807, 2.05) is 6.92 Å². The number of H-pyrrole nitrogens is 1. The lowest BCUT2D eigenvalue weighted by molar-refractivity contribution is -0.385. The molecule has 2 aliphatic heterocycles. The lowest BCUT2D eigenvalue weighted by Crippen LogP contribution is -2.20. The largest absolute Gasteiger partial charge is 0.456 e. The summed E-state index contributed by atoms with van der Waals surface area (Å²) >= 11 is 0. The van der Waals surface area contributed by atoms with Gasteiger partial charge >= 0.3 is 5.97 Å². The van der Waals surface area contributed by atoms with Gasteiger partial charge in [-0.15, -0.1) is 0 Å². The highest BCUT2D eigenvalue weighted by atomic mass is 16.6. The normalized spacial score (nSPS) is 19.0. The number of nitrogens with one attached hydrogen (secondary N) is 2. The first-order valence-corrected chi connectivity index (χ1v) is 7.03. The maximum Gasteiger partial charge on any atom is 0.337 e. The van der Waals surface area contributed by atoms with Crippen molar-refractivity contribution < 1.29 is 14.5 Å². The first-order chi connectivity index (χ1) is 11.1. The number of esters is 1. The molecule has 0 saturated heterocycles. The average Bonchev–Trinajstić information content (AvgIpc) is 3.09. The number of anilines is 1. The number of aromatic amines is 1. The fourth-order valence-electron chi connectivity index (χ4n) is 3.19. The Bertz CT molecular complexity index is 883. The van der Waals surface area contributed by atoms with E-state index in [-0.39, 0.29) is 12.3 Å². The Morgan fingerprint density at radius 3 is 2.96 bits per heavy atom. The van der Waals surface area contributed by atoms with Gasteiger partial charge in [0.15, 0.2) is 5.82 Å². The third-order valence-corrected chi connectivity index (χ3v) is 4.18. The maximum absolute atomic E-state index is 12.2. The van der Waals surface area contributed by atoms with Crippen LogP contribution in [0.4, 0.5) is 11.5 Å². The summed E-state index contributed by atoms with van der Waals surface area (Å²) in [6.45, 7) is 1.94. The van der Waals surface area contributed by atoms with Crippen LogP contribution in [-0.4, -0.2) is 27.7 Å². The van der Waals surface area contributed by atoms with E-state index < -0.39 is 16.8 Å². The van der Waals surface area contributed by atoms with Crippen molar-refractivity contribution in [2.45, 2.75) is 12.8 Å². The van der Waals surface area contributed by atoms with E-state index in [0.29, 0.717) is 22.7 Å². The fraction of sp³-hybridized carbons (Fsp3) is 0.200. The molecule has 1 atom stereocenters. The molecule has 8 heteroatoms. The molecule has 3 heterocycles. The van der Waals surface area contributed by atoms with Crippen LogP contribution in [0.2, 0.25) is 0 Å². The average molecular weight is 312 g/mol. The Balaban J connectivity index is 2.00. The highest BCUT2D eigenvalue weighted by molar-refractivity contribution is 5.97. The van der Waals surface area contributed by atoms with Crippen molar-refractivity contribution in [3.63, 3.8) is 0 Å². The van der Waals surface area contributed by atoms with Gasteiger partial charge in [-0.3, -0.25) is 15.2 Å². The van der Waals surface area contributed by atoms with Crippen LogP contribution in [0.5, 0.6) is 0 Å². The number of para-hydroxylation sites is 1. The second-order valence-corrected chi connectivity index (χ2v) is 5.45. The van der Waals surface area contributed by atoms with E-state index in [2.05, 4.69) is 15.5 Å². The first-order valence-electron chi connectivity index (χ1n) is 7.03. The van der Waals surface area contributed by atoms with Crippen LogP contribution in [0.3, 0.4) is 0 Å². The molecule has 2 N–H and O–H groups in total. The van der Waals surface area contributed by atoms with Crippen LogP contribution in [0.15, 0.2) is 35.5 Å². The van der Waals surface area contributed by atoms with Gasteiger partial charge in [0.2, 0.25) is 0 Å². The number of fused-ring (bicyclic) bond motifs is 1. The highest BCUT2D eigenvalue weighted by Crippen LogP contribution is 2.46. The number of benzene rings is 1. The number of aryl methyl sites for hydroxylation is 1. The highest BCUT2D eigenvalue weighted by Gasteiger charge is 2.42. The maximum atomic E-state index is 12.2. The Hall–Kier alpha value is -3.16. The Kier molecular flexibility index (Phi) is 2.74. The third-order valence-electron chi connectivity index (χ3n) is 4.18. The molecule has 0 aliphatic carbocycles. The molecule has 0 spiro atoms. The molecule has 0 fully saturated rings. The van der Waals surface area contributed by atoms with E-state index in [9.17, 15) is 14.9 Å². The number of carbonyl (C=O) groups excluding carboxylic acids is 1. The summed E-state index contributed by atoms with van der Waals surface area (Å²) in [6.07, 6.45) is 0. The lowest BCUT2D eigenvalue weighted by Gasteiger charge is -2.24. The Morgan fingerprint density at radius 1 is 1.39 bits per heavy atom. The second kappa shape index (κ2) is 4.67. The predicted molar refractivity (Wildman–Crippen MR) is 79.9 cm³/mol. The molecule has 2 aliphatic rings. The first kappa shape index (κ1) is 13.5. The zero-order valence-corrected chi connectivity index (χ0v) is 12.1. The van der Waals surface area contributed by atoms with Crippen molar-refractivity contribution in [2.75, 3.05) is 11.9 Å². The zero-order chi connectivity index (χ0) is 16.1. The third kappa shape index (κ3) is 1.84. The van der Waals surface area contributed by atoms with Crippen molar-refractivity contribution >= 4 is 17.5 Å². The number of nitrogens with zero attached hydrogens (tertiary/aromatic N) is 2. The summed E-state index contributed by atoms with van der Waals surface area (Å²) in [5.41, 5.74) is 2.93. The molecule has 4 rings (SSSR count). The van der Waals surface area contributed by atoms with Crippen LogP contribution in [-0.2, 0) is 9.53 Å². The van der Waals surface area contributed by atoms with Crippen LogP contribution in [0.25, 0.3) is 0 Å². The number of nitro benzene ring substituents is 1. The molecule has 116 valence electrons. The van der Waals surface area contributed by atoms with Gasteiger partial charge < -0.3 is 10.1 Å². The lowest BCUT2D eigenvalue weighted by atomic mass is 9.81. The predicted octanol–water partition coefficient (Wildman–Crippen LogP) is 1.99. The molecule has 0 saturated carbocycles. The van der Waals surface area contributed by atoms with Gasteiger partial charge in [-0.2, -0.15) is 5.10 Å². The smallest absolute Gasteiger partial charge is 0.337 e. The minimum atomic E-state index is -0.573. The van der Waals surface area contributed by atoms with Crippen molar-refractivity contribution in [1.29, 1.82) is 0 Å². The van der Waals surface area contributed by atoms with Gasteiger partial charge in [0.25, 0.3) is 5.69 Å². The van der Waals surface area contributed by atoms with Crippen molar-refractivity contribution in [3.05, 3.63) is 62.5 Å². The molecule has 1 aromatic heterocycles. The van der Waals surface area contributed by atoms with Crippen LogP contribution >= 0.6 is 0 Å². The zero-order valence-electron chi connectivity index (χ0n) is 12.1. The summed E-state index contributed by atoms with van der Waals surface area (Å²) in [6, 6.07) is 6.43. The van der Waals surface area contributed by atoms with E-state index in [0.717, 1.165) is 11.3 Å². The summed E-state index contributed by atoms with van der Waals surface area (Å²) in [5, 5.41) is 21.5. The fourth-order valence-corrected chi connectivity index (χ4v) is 3.19. The summed E-state index contributed by atoms with van der Waals surface area (Å²) in [7, 11) is 0. The topological polar surface area (TPSA) is 110 Å². The molecule has 8 nitrogen and oxygen atoms in total. The Labute approximate surface area is 130 Å². The summed E-state index contributed by atoms with van der Waals surface area (Å²) in [4.78, 5) is 23.2. The van der Waals surface area contributed by atoms with Gasteiger partial charge in [-0.25, -0.2) is 4.79 Å². The SMILES string of the molecule is Cc1[nH]nc2c1[C@H](c1ccccc1[N+](=O)[O-])C1=C(COC1=O)N2. The van der Waals surface area contributed by atoms with Crippen molar-refractivity contribution in [1.82, 2.24) is 10.2 Å². The molecule has 23 heavy (non-hydrogen) atoms. The Morgan fingerprint density at radius 2 is 2.17 bits per heavy atom. The molecule has 0 radical (unpaired) electrons. The molecule has 1 aromatic carbocycles. The van der Waals surface area contributed by atoms with Crippen molar-refractivity contribution in [2.24, 2.45) is 0 Å². The molecular weight excluding hydrogens is 300 g/mol. The number of rotatable bonds is 2. The number of aromatic nitrogens is 2. The number of cyclic esters (lactones) is 1. The van der Waals surface area contributed by atoms with Crippen LogP contribution < -0.4 is 5.32 Å². The second-order valence-electron chi connectivity index (χ2n) is 5.45. The monoisotopic (exact) mass is 312 g/mol.